The molecule has 0 aromatic heterocycles. The fraction of sp³-hybridized carbons (Fsp3) is 0.565. The van der Waals surface area contributed by atoms with E-state index in [0.29, 0.717) is 18.4 Å². The molecule has 0 N–H and O–H groups in total. The zero-order valence-electron chi connectivity index (χ0n) is 17.6. The van der Waals surface area contributed by atoms with E-state index in [4.69, 9.17) is 4.74 Å². The molecule has 1 aliphatic carbocycles. The molecule has 3 atom stereocenters. The van der Waals surface area contributed by atoms with Crippen molar-refractivity contribution in [2.75, 3.05) is 6.54 Å². The molecule has 2 amide bonds. The Morgan fingerprint density at radius 2 is 1.55 bits per heavy atom. The SMILES string of the molecule is CC(OC(=O)CN1C(=O)C2CCCCC2C1=O)C(=O)c1ccc(C(C)(C)C)cc1. The summed E-state index contributed by atoms with van der Waals surface area (Å²) in [5.74, 6) is -2.22. The normalized spacial score (nSPS) is 23.0. The molecular weight excluding hydrogens is 370 g/mol. The highest BCUT2D eigenvalue weighted by atomic mass is 16.5. The summed E-state index contributed by atoms with van der Waals surface area (Å²) >= 11 is 0. The zero-order chi connectivity index (χ0) is 21.3. The largest absolute Gasteiger partial charge is 0.453 e. The van der Waals surface area contributed by atoms with E-state index in [2.05, 4.69) is 20.8 Å². The molecular formula is C23H29NO5. The van der Waals surface area contributed by atoms with Gasteiger partial charge in [-0.2, -0.15) is 0 Å². The van der Waals surface area contributed by atoms with E-state index in [1.54, 1.807) is 12.1 Å². The third-order valence-corrected chi connectivity index (χ3v) is 5.93. The molecule has 1 saturated carbocycles. The minimum absolute atomic E-state index is 0.0222. The lowest BCUT2D eigenvalue weighted by atomic mass is 9.81. The summed E-state index contributed by atoms with van der Waals surface area (Å²) in [5.41, 5.74) is 1.54. The van der Waals surface area contributed by atoms with Gasteiger partial charge >= 0.3 is 5.97 Å². The van der Waals surface area contributed by atoms with Gasteiger partial charge in [0.1, 0.15) is 6.54 Å². The molecule has 1 aromatic rings. The van der Waals surface area contributed by atoms with Crippen LogP contribution in [-0.2, 0) is 24.5 Å². The first-order chi connectivity index (χ1) is 13.6. The van der Waals surface area contributed by atoms with Crippen LogP contribution in [0, 0.1) is 11.8 Å². The minimum atomic E-state index is -0.988. The van der Waals surface area contributed by atoms with Crippen molar-refractivity contribution in [2.45, 2.75) is 64.9 Å². The molecule has 1 saturated heterocycles. The maximum atomic E-state index is 12.6. The van der Waals surface area contributed by atoms with Crippen molar-refractivity contribution in [3.8, 4) is 0 Å². The number of Topliss-reactive ketones (excluding diaryl/α,β-unsaturated/α-hetero) is 1. The van der Waals surface area contributed by atoms with Gasteiger partial charge in [-0.3, -0.25) is 24.1 Å². The summed E-state index contributed by atoms with van der Waals surface area (Å²) in [6, 6.07) is 7.24. The fourth-order valence-corrected chi connectivity index (χ4v) is 4.17. The summed E-state index contributed by atoms with van der Waals surface area (Å²) in [6.07, 6.45) is 2.26. The Balaban J connectivity index is 1.59. The van der Waals surface area contributed by atoms with E-state index >= 15 is 0 Å². The average molecular weight is 399 g/mol. The molecule has 1 aliphatic heterocycles. The molecule has 2 aliphatic rings. The van der Waals surface area contributed by atoms with Gasteiger partial charge < -0.3 is 4.74 Å². The van der Waals surface area contributed by atoms with Gasteiger partial charge in [0.2, 0.25) is 17.6 Å². The number of carbonyl (C=O) groups excluding carboxylic acids is 4. The lowest BCUT2D eigenvalue weighted by Gasteiger charge is -2.20. The van der Waals surface area contributed by atoms with Crippen molar-refractivity contribution in [1.29, 1.82) is 0 Å². The van der Waals surface area contributed by atoms with Gasteiger partial charge in [-0.25, -0.2) is 0 Å². The van der Waals surface area contributed by atoms with Crippen molar-refractivity contribution in [3.63, 3.8) is 0 Å². The highest BCUT2D eigenvalue weighted by Gasteiger charge is 2.48. The van der Waals surface area contributed by atoms with Crippen molar-refractivity contribution in [3.05, 3.63) is 35.4 Å². The molecule has 0 bridgehead atoms. The highest BCUT2D eigenvalue weighted by Crippen LogP contribution is 2.37. The monoisotopic (exact) mass is 399 g/mol. The second-order valence-electron chi connectivity index (χ2n) is 9.08. The first-order valence-corrected chi connectivity index (χ1v) is 10.3. The Hall–Kier alpha value is -2.50. The molecule has 1 heterocycles. The maximum absolute atomic E-state index is 12.6. The second kappa shape index (κ2) is 8.09. The third kappa shape index (κ3) is 4.41. The first-order valence-electron chi connectivity index (χ1n) is 10.3. The molecule has 2 fully saturated rings. The second-order valence-corrected chi connectivity index (χ2v) is 9.08. The van der Waals surface area contributed by atoms with Crippen molar-refractivity contribution < 1.29 is 23.9 Å². The van der Waals surface area contributed by atoms with Gasteiger partial charge in [0, 0.05) is 5.56 Å². The number of benzene rings is 1. The quantitative estimate of drug-likeness (QED) is 0.431. The van der Waals surface area contributed by atoms with Crippen LogP contribution in [0.5, 0.6) is 0 Å². The maximum Gasteiger partial charge on any atom is 0.326 e. The number of carbonyl (C=O) groups is 4. The van der Waals surface area contributed by atoms with E-state index < -0.39 is 18.6 Å². The number of hydrogen-bond acceptors (Lipinski definition) is 5. The summed E-state index contributed by atoms with van der Waals surface area (Å²) in [5, 5.41) is 0. The standard InChI is InChI=1S/C23H29NO5/c1-14(20(26)15-9-11-16(12-10-15)23(2,3)4)29-19(25)13-24-21(27)17-7-5-6-8-18(17)22(24)28/h9-12,14,17-18H,5-8,13H2,1-4H3. The minimum Gasteiger partial charge on any atom is -0.453 e. The van der Waals surface area contributed by atoms with Crippen LogP contribution in [0.2, 0.25) is 0 Å². The predicted molar refractivity (Wildman–Crippen MR) is 107 cm³/mol. The van der Waals surface area contributed by atoms with Crippen LogP contribution in [0.3, 0.4) is 0 Å². The smallest absolute Gasteiger partial charge is 0.326 e. The van der Waals surface area contributed by atoms with E-state index in [-0.39, 0.29) is 34.8 Å². The topological polar surface area (TPSA) is 80.8 Å². The number of imide groups is 1. The Morgan fingerprint density at radius 3 is 2.03 bits per heavy atom. The van der Waals surface area contributed by atoms with Crippen LogP contribution in [0.1, 0.15) is 69.3 Å². The van der Waals surface area contributed by atoms with Crippen molar-refractivity contribution in [2.24, 2.45) is 11.8 Å². The van der Waals surface area contributed by atoms with E-state index in [1.165, 1.54) is 6.92 Å². The van der Waals surface area contributed by atoms with Gasteiger partial charge in [-0.1, -0.05) is 57.9 Å². The van der Waals surface area contributed by atoms with E-state index in [0.717, 1.165) is 23.3 Å². The van der Waals surface area contributed by atoms with Gasteiger partial charge in [-0.05, 0) is 30.7 Å². The molecule has 1 aromatic carbocycles. The number of rotatable bonds is 5. The lowest BCUT2D eigenvalue weighted by Crippen LogP contribution is -2.38. The van der Waals surface area contributed by atoms with Gasteiger partial charge in [-0.15, -0.1) is 0 Å². The molecule has 3 unspecified atom stereocenters. The number of ketones is 1. The summed E-state index contributed by atoms with van der Waals surface area (Å²) in [7, 11) is 0. The average Bonchev–Trinajstić information content (AvgIpc) is 2.92. The molecule has 6 heteroatoms. The molecule has 0 radical (unpaired) electrons. The summed E-state index contributed by atoms with van der Waals surface area (Å²) in [4.78, 5) is 50.8. The Labute approximate surface area is 171 Å². The van der Waals surface area contributed by atoms with Crippen LogP contribution in [0.15, 0.2) is 24.3 Å². The molecule has 29 heavy (non-hydrogen) atoms. The van der Waals surface area contributed by atoms with Crippen LogP contribution < -0.4 is 0 Å². The number of nitrogens with zero attached hydrogens (tertiary/aromatic N) is 1. The number of hydrogen-bond donors (Lipinski definition) is 0. The molecule has 156 valence electrons. The highest BCUT2D eigenvalue weighted by molar-refractivity contribution is 6.07. The van der Waals surface area contributed by atoms with Crippen LogP contribution in [0.4, 0.5) is 0 Å². The molecule has 0 spiro atoms. The van der Waals surface area contributed by atoms with Crippen molar-refractivity contribution in [1.82, 2.24) is 4.90 Å². The Morgan fingerprint density at radius 1 is 1.03 bits per heavy atom. The number of fused-ring (bicyclic) bond motifs is 1. The molecule has 6 nitrogen and oxygen atoms in total. The predicted octanol–water partition coefficient (Wildman–Crippen LogP) is 3.27. The fourth-order valence-electron chi connectivity index (χ4n) is 4.17. The zero-order valence-corrected chi connectivity index (χ0v) is 17.6. The Bertz CT molecular complexity index is 797. The lowest BCUT2D eigenvalue weighted by molar-refractivity contribution is -0.154. The van der Waals surface area contributed by atoms with Crippen molar-refractivity contribution >= 4 is 23.6 Å². The first kappa shape index (κ1) is 21.2. The summed E-state index contributed by atoms with van der Waals surface area (Å²) in [6.45, 7) is 7.35. The number of likely N-dealkylation sites (tertiary alicyclic amines) is 1. The summed E-state index contributed by atoms with van der Waals surface area (Å²) < 4.78 is 5.24. The van der Waals surface area contributed by atoms with Crippen LogP contribution in [0.25, 0.3) is 0 Å². The van der Waals surface area contributed by atoms with E-state index in [1.807, 2.05) is 12.1 Å². The van der Waals surface area contributed by atoms with Gasteiger partial charge in [0.15, 0.2) is 6.10 Å². The van der Waals surface area contributed by atoms with Gasteiger partial charge in [0.05, 0.1) is 11.8 Å². The number of ether oxygens (including phenoxy) is 1. The van der Waals surface area contributed by atoms with Crippen LogP contribution in [-0.4, -0.2) is 41.1 Å². The number of amides is 2. The van der Waals surface area contributed by atoms with Crippen LogP contribution >= 0.6 is 0 Å². The van der Waals surface area contributed by atoms with Gasteiger partial charge in [0.25, 0.3) is 0 Å². The Kier molecular flexibility index (Phi) is 5.92. The number of esters is 1. The third-order valence-electron chi connectivity index (χ3n) is 5.93. The van der Waals surface area contributed by atoms with E-state index in [9.17, 15) is 19.2 Å². The molecule has 3 rings (SSSR count).